The van der Waals surface area contributed by atoms with Crippen LogP contribution in [0.15, 0.2) is 18.3 Å². The third-order valence-electron chi connectivity index (χ3n) is 3.93. The molecule has 3 rings (SSSR count). The van der Waals surface area contributed by atoms with Crippen molar-refractivity contribution in [1.29, 1.82) is 0 Å². The van der Waals surface area contributed by atoms with Crippen LogP contribution in [0, 0.1) is 5.92 Å². The van der Waals surface area contributed by atoms with E-state index in [-0.39, 0.29) is 0 Å². The highest BCUT2D eigenvalue weighted by Gasteiger charge is 2.35. The van der Waals surface area contributed by atoms with Gasteiger partial charge >= 0.3 is 0 Å². The van der Waals surface area contributed by atoms with Crippen LogP contribution >= 0.6 is 0 Å². The van der Waals surface area contributed by atoms with Crippen molar-refractivity contribution in [1.82, 2.24) is 15.2 Å². The van der Waals surface area contributed by atoms with Crippen LogP contribution in [-0.2, 0) is 6.54 Å². The normalized spacial score (nSPS) is 27.4. The highest BCUT2D eigenvalue weighted by molar-refractivity contribution is 5.18. The fraction of sp³-hybridized carbons (Fsp3) is 0.643. The van der Waals surface area contributed by atoms with E-state index in [2.05, 4.69) is 21.3 Å². The Kier molecular flexibility index (Phi) is 3.48. The first-order chi connectivity index (χ1) is 8.85. The minimum absolute atomic E-state index is 0.674. The highest BCUT2D eigenvalue weighted by Crippen LogP contribution is 2.25. The molecule has 1 aromatic heterocycles. The van der Waals surface area contributed by atoms with Crippen LogP contribution < -0.4 is 10.1 Å². The number of rotatable bonds is 4. The third kappa shape index (κ3) is 2.49. The maximum atomic E-state index is 5.36. The summed E-state index contributed by atoms with van der Waals surface area (Å²) in [5.41, 5.74) is 1.28. The molecular formula is C14H21N3O. The zero-order chi connectivity index (χ0) is 12.4. The molecule has 4 nitrogen and oxygen atoms in total. The molecule has 0 bridgehead atoms. The molecule has 98 valence electrons. The Morgan fingerprint density at radius 1 is 1.44 bits per heavy atom. The molecule has 0 radical (unpaired) electrons. The van der Waals surface area contributed by atoms with Gasteiger partial charge in [0.25, 0.3) is 0 Å². The van der Waals surface area contributed by atoms with Gasteiger partial charge in [-0.2, -0.15) is 0 Å². The molecule has 1 N–H and O–H groups in total. The molecule has 2 atom stereocenters. The topological polar surface area (TPSA) is 37.4 Å². The first kappa shape index (κ1) is 11.9. The number of aromatic nitrogens is 1. The van der Waals surface area contributed by atoms with E-state index < -0.39 is 0 Å². The van der Waals surface area contributed by atoms with Crippen LogP contribution in [0.4, 0.5) is 0 Å². The summed E-state index contributed by atoms with van der Waals surface area (Å²) >= 11 is 0. The summed E-state index contributed by atoms with van der Waals surface area (Å²) in [6.07, 6.45) is 3.27. The standard InChI is InChI=1S/C14H21N3O/c1-2-18-14-4-3-11(7-16-14)8-17-9-12-5-6-15-13(12)10-17/h3-4,7,12-13,15H,2,5-6,8-10H2,1H3/t12-,13+/m1/s1. The SMILES string of the molecule is CCOc1ccc(CN2C[C@H]3CCN[C@H]3C2)cn1. The van der Waals surface area contributed by atoms with Gasteiger partial charge in [-0.1, -0.05) is 6.07 Å². The number of hydrogen-bond donors (Lipinski definition) is 1. The van der Waals surface area contributed by atoms with Crippen molar-refractivity contribution >= 4 is 0 Å². The van der Waals surface area contributed by atoms with E-state index in [4.69, 9.17) is 4.74 Å². The fourth-order valence-corrected chi connectivity index (χ4v) is 3.06. The molecule has 0 aromatic carbocycles. The molecule has 2 aliphatic rings. The van der Waals surface area contributed by atoms with Gasteiger partial charge in [0, 0.05) is 37.9 Å². The Hall–Kier alpha value is -1.13. The van der Waals surface area contributed by atoms with Gasteiger partial charge in [0.15, 0.2) is 0 Å². The molecule has 18 heavy (non-hydrogen) atoms. The molecule has 0 spiro atoms. The van der Waals surface area contributed by atoms with Gasteiger partial charge in [0.05, 0.1) is 6.61 Å². The summed E-state index contributed by atoms with van der Waals surface area (Å²) in [6.45, 7) is 7.27. The second kappa shape index (κ2) is 5.24. The quantitative estimate of drug-likeness (QED) is 0.869. The molecule has 2 fully saturated rings. The number of fused-ring (bicyclic) bond motifs is 1. The van der Waals surface area contributed by atoms with Crippen LogP contribution in [-0.4, -0.2) is 42.2 Å². The van der Waals surface area contributed by atoms with Gasteiger partial charge in [-0.05, 0) is 31.4 Å². The summed E-state index contributed by atoms with van der Waals surface area (Å²) in [5, 5.41) is 3.58. The summed E-state index contributed by atoms with van der Waals surface area (Å²) < 4.78 is 5.36. The first-order valence-electron chi connectivity index (χ1n) is 6.88. The molecule has 0 saturated carbocycles. The van der Waals surface area contributed by atoms with Gasteiger partial charge in [0.2, 0.25) is 5.88 Å². The highest BCUT2D eigenvalue weighted by atomic mass is 16.5. The number of nitrogens with zero attached hydrogens (tertiary/aromatic N) is 2. The first-order valence-corrected chi connectivity index (χ1v) is 6.88. The molecule has 3 heterocycles. The third-order valence-corrected chi connectivity index (χ3v) is 3.93. The lowest BCUT2D eigenvalue weighted by Crippen LogP contribution is -2.29. The molecule has 1 aromatic rings. The van der Waals surface area contributed by atoms with E-state index in [0.717, 1.165) is 24.4 Å². The smallest absolute Gasteiger partial charge is 0.213 e. The van der Waals surface area contributed by atoms with E-state index >= 15 is 0 Å². The molecular weight excluding hydrogens is 226 g/mol. The lowest BCUT2D eigenvalue weighted by atomic mass is 10.1. The van der Waals surface area contributed by atoms with Crippen molar-refractivity contribution in [3.8, 4) is 5.88 Å². The average molecular weight is 247 g/mol. The van der Waals surface area contributed by atoms with Crippen LogP contribution in [0.2, 0.25) is 0 Å². The lowest BCUT2D eigenvalue weighted by Gasteiger charge is -2.16. The zero-order valence-electron chi connectivity index (χ0n) is 10.9. The maximum absolute atomic E-state index is 5.36. The van der Waals surface area contributed by atoms with Crippen molar-refractivity contribution in [3.05, 3.63) is 23.9 Å². The van der Waals surface area contributed by atoms with Gasteiger partial charge in [-0.15, -0.1) is 0 Å². The predicted molar refractivity (Wildman–Crippen MR) is 70.6 cm³/mol. The van der Waals surface area contributed by atoms with E-state index in [1.54, 1.807) is 0 Å². The Morgan fingerprint density at radius 3 is 3.11 bits per heavy atom. The maximum Gasteiger partial charge on any atom is 0.213 e. The number of nitrogens with one attached hydrogen (secondary N) is 1. The summed E-state index contributed by atoms with van der Waals surface area (Å²) in [6, 6.07) is 4.81. The van der Waals surface area contributed by atoms with Crippen molar-refractivity contribution in [2.75, 3.05) is 26.2 Å². The monoisotopic (exact) mass is 247 g/mol. The van der Waals surface area contributed by atoms with Crippen molar-refractivity contribution in [2.24, 2.45) is 5.92 Å². The summed E-state index contributed by atoms with van der Waals surface area (Å²) in [5.74, 6) is 1.59. The van der Waals surface area contributed by atoms with Gasteiger partial charge in [-0.3, -0.25) is 4.90 Å². The minimum atomic E-state index is 0.674. The summed E-state index contributed by atoms with van der Waals surface area (Å²) in [7, 11) is 0. The van der Waals surface area contributed by atoms with Crippen molar-refractivity contribution in [3.63, 3.8) is 0 Å². The second-order valence-corrected chi connectivity index (χ2v) is 5.24. The average Bonchev–Trinajstić information content (AvgIpc) is 2.92. The molecule has 2 aliphatic heterocycles. The predicted octanol–water partition coefficient (Wildman–Crippen LogP) is 1.27. The molecule has 4 heteroatoms. The van der Waals surface area contributed by atoms with Crippen LogP contribution in [0.5, 0.6) is 5.88 Å². The Labute approximate surface area is 108 Å². The Bertz CT molecular complexity index is 381. The Morgan fingerprint density at radius 2 is 2.39 bits per heavy atom. The van der Waals surface area contributed by atoms with Crippen LogP contribution in [0.3, 0.4) is 0 Å². The van der Waals surface area contributed by atoms with E-state index in [1.807, 2.05) is 19.2 Å². The van der Waals surface area contributed by atoms with Gasteiger partial charge < -0.3 is 10.1 Å². The fourth-order valence-electron chi connectivity index (χ4n) is 3.06. The van der Waals surface area contributed by atoms with E-state index in [9.17, 15) is 0 Å². The lowest BCUT2D eigenvalue weighted by molar-refractivity contribution is 0.304. The second-order valence-electron chi connectivity index (χ2n) is 5.24. The largest absolute Gasteiger partial charge is 0.478 e. The number of likely N-dealkylation sites (tertiary alicyclic amines) is 1. The Balaban J connectivity index is 1.56. The number of pyridine rings is 1. The zero-order valence-corrected chi connectivity index (χ0v) is 10.9. The minimum Gasteiger partial charge on any atom is -0.478 e. The number of ether oxygens (including phenoxy) is 1. The molecule has 0 aliphatic carbocycles. The van der Waals surface area contributed by atoms with Crippen LogP contribution in [0.1, 0.15) is 18.9 Å². The number of hydrogen-bond acceptors (Lipinski definition) is 4. The molecule has 0 unspecified atom stereocenters. The molecule has 0 amide bonds. The van der Waals surface area contributed by atoms with Gasteiger partial charge in [-0.25, -0.2) is 4.98 Å². The van der Waals surface area contributed by atoms with Crippen LogP contribution in [0.25, 0.3) is 0 Å². The molecule has 2 saturated heterocycles. The van der Waals surface area contributed by atoms with Crippen molar-refractivity contribution < 1.29 is 4.74 Å². The van der Waals surface area contributed by atoms with E-state index in [0.29, 0.717) is 6.61 Å². The summed E-state index contributed by atoms with van der Waals surface area (Å²) in [4.78, 5) is 6.84. The van der Waals surface area contributed by atoms with Gasteiger partial charge in [0.1, 0.15) is 0 Å². The van der Waals surface area contributed by atoms with Crippen molar-refractivity contribution in [2.45, 2.75) is 25.9 Å². The van der Waals surface area contributed by atoms with E-state index in [1.165, 1.54) is 31.6 Å².